The van der Waals surface area contributed by atoms with E-state index in [2.05, 4.69) is 22.5 Å². The number of guanidine groups is 1. The zero-order chi connectivity index (χ0) is 18.7. The predicted octanol–water partition coefficient (Wildman–Crippen LogP) is 2.19. The highest BCUT2D eigenvalue weighted by Crippen LogP contribution is 2.13. The molecule has 0 heterocycles. The maximum Gasteiger partial charge on any atom is 0.243 e. The Morgan fingerprint density at radius 3 is 2.72 bits per heavy atom. The summed E-state index contributed by atoms with van der Waals surface area (Å²) >= 11 is 0. The molecular weight excluding hydrogens is 316 g/mol. The van der Waals surface area contributed by atoms with Crippen LogP contribution in [0.3, 0.4) is 0 Å². The van der Waals surface area contributed by atoms with E-state index in [0.717, 1.165) is 25.1 Å². The first-order chi connectivity index (χ1) is 11.9. The number of nitrogens with zero attached hydrogens (tertiary/aromatic N) is 2. The van der Waals surface area contributed by atoms with Gasteiger partial charge in [-0.25, -0.2) is 4.99 Å². The van der Waals surface area contributed by atoms with E-state index in [1.807, 2.05) is 38.1 Å². The fraction of sp³-hybridized carbons (Fsp3) is 0.579. The lowest BCUT2D eigenvalue weighted by molar-refractivity contribution is -0.127. The van der Waals surface area contributed by atoms with Crippen molar-refractivity contribution in [2.45, 2.75) is 39.7 Å². The molecule has 0 aliphatic heterocycles. The van der Waals surface area contributed by atoms with Gasteiger partial charge < -0.3 is 20.3 Å². The zero-order valence-corrected chi connectivity index (χ0v) is 16.1. The number of likely N-dealkylation sites (N-methyl/N-ethyl adjacent to an activating group) is 1. The first kappa shape index (κ1) is 20.8. The molecule has 0 aliphatic carbocycles. The van der Waals surface area contributed by atoms with E-state index in [1.54, 1.807) is 14.1 Å². The molecule has 6 heteroatoms. The van der Waals surface area contributed by atoms with Crippen LogP contribution in [0.5, 0.6) is 5.75 Å². The third-order valence-electron chi connectivity index (χ3n) is 3.58. The van der Waals surface area contributed by atoms with Crippen LogP contribution < -0.4 is 15.4 Å². The summed E-state index contributed by atoms with van der Waals surface area (Å²) in [5, 5.41) is 6.51. The molecule has 1 unspecified atom stereocenters. The van der Waals surface area contributed by atoms with Crippen LogP contribution in [0.1, 0.15) is 32.3 Å². The smallest absolute Gasteiger partial charge is 0.243 e. The van der Waals surface area contributed by atoms with Gasteiger partial charge in [-0.15, -0.1) is 0 Å². The normalized spacial score (nSPS) is 12.4. The highest BCUT2D eigenvalue weighted by atomic mass is 16.5. The molecule has 1 amide bonds. The number of aryl methyl sites for hydroxylation is 1. The van der Waals surface area contributed by atoms with Crippen molar-refractivity contribution in [2.75, 3.05) is 33.7 Å². The standard InChI is InChI=1S/C19H32N4O2/c1-6-7-11-20-19(22-14-18(24)23(4)5)21-13-16(3)25-17-10-8-9-15(2)12-17/h8-10,12,16H,6-7,11,13-14H2,1-5H3,(H2,20,21,22). The summed E-state index contributed by atoms with van der Waals surface area (Å²) < 4.78 is 5.91. The number of nitrogens with one attached hydrogen (secondary N) is 2. The summed E-state index contributed by atoms with van der Waals surface area (Å²) in [5.41, 5.74) is 1.17. The molecule has 0 fully saturated rings. The lowest BCUT2D eigenvalue weighted by Crippen LogP contribution is -2.42. The first-order valence-corrected chi connectivity index (χ1v) is 8.88. The van der Waals surface area contributed by atoms with E-state index >= 15 is 0 Å². The second-order valence-corrected chi connectivity index (χ2v) is 6.36. The van der Waals surface area contributed by atoms with Gasteiger partial charge in [0.05, 0.1) is 6.54 Å². The van der Waals surface area contributed by atoms with E-state index in [9.17, 15) is 4.79 Å². The Morgan fingerprint density at radius 2 is 2.08 bits per heavy atom. The number of amides is 1. The summed E-state index contributed by atoms with van der Waals surface area (Å²) in [4.78, 5) is 17.6. The summed E-state index contributed by atoms with van der Waals surface area (Å²) in [5.74, 6) is 1.47. The molecule has 0 radical (unpaired) electrons. The molecular formula is C19H32N4O2. The molecule has 1 aromatic carbocycles. The molecule has 6 nitrogen and oxygen atoms in total. The second-order valence-electron chi connectivity index (χ2n) is 6.36. The van der Waals surface area contributed by atoms with Crippen LogP contribution in [0.2, 0.25) is 0 Å². The van der Waals surface area contributed by atoms with Crippen molar-refractivity contribution in [3.05, 3.63) is 29.8 Å². The van der Waals surface area contributed by atoms with Crippen LogP contribution in [0.25, 0.3) is 0 Å². The van der Waals surface area contributed by atoms with Gasteiger partial charge in [-0.3, -0.25) is 4.79 Å². The predicted molar refractivity (Wildman–Crippen MR) is 103 cm³/mol. The number of carbonyl (C=O) groups excluding carboxylic acids is 1. The summed E-state index contributed by atoms with van der Waals surface area (Å²) in [6, 6.07) is 7.99. The van der Waals surface area contributed by atoms with E-state index in [4.69, 9.17) is 4.74 Å². The van der Waals surface area contributed by atoms with Crippen molar-refractivity contribution in [1.82, 2.24) is 15.5 Å². The van der Waals surface area contributed by atoms with Crippen molar-refractivity contribution in [3.8, 4) is 5.75 Å². The Bertz CT molecular complexity index is 558. The topological polar surface area (TPSA) is 66.0 Å². The van der Waals surface area contributed by atoms with E-state index in [0.29, 0.717) is 12.5 Å². The minimum absolute atomic E-state index is 0.0236. The molecule has 0 spiro atoms. The Kier molecular flexibility index (Phi) is 9.43. The number of carbonyl (C=O) groups is 1. The van der Waals surface area contributed by atoms with Gasteiger partial charge in [0.15, 0.2) is 5.96 Å². The minimum Gasteiger partial charge on any atom is -0.489 e. The molecule has 0 saturated carbocycles. The molecule has 25 heavy (non-hydrogen) atoms. The number of hydrogen-bond donors (Lipinski definition) is 2. The van der Waals surface area contributed by atoms with Crippen LogP contribution in [0.4, 0.5) is 0 Å². The van der Waals surface area contributed by atoms with Crippen LogP contribution in [-0.2, 0) is 4.79 Å². The highest BCUT2D eigenvalue weighted by molar-refractivity contribution is 5.84. The quantitative estimate of drug-likeness (QED) is 0.408. The molecule has 0 aliphatic rings. The van der Waals surface area contributed by atoms with Gasteiger partial charge in [0.1, 0.15) is 18.4 Å². The van der Waals surface area contributed by atoms with E-state index in [1.165, 1.54) is 10.5 Å². The van der Waals surface area contributed by atoms with Gasteiger partial charge in [-0.1, -0.05) is 25.5 Å². The molecule has 0 aromatic heterocycles. The second kappa shape index (κ2) is 11.3. The third-order valence-corrected chi connectivity index (χ3v) is 3.58. The Labute approximate surface area is 151 Å². The average molecular weight is 348 g/mol. The maximum absolute atomic E-state index is 11.7. The van der Waals surface area contributed by atoms with Crippen LogP contribution in [0, 0.1) is 6.92 Å². The lowest BCUT2D eigenvalue weighted by atomic mass is 10.2. The monoisotopic (exact) mass is 348 g/mol. The molecule has 1 aromatic rings. The number of unbranched alkanes of at least 4 members (excludes halogenated alkanes) is 1. The Hall–Kier alpha value is -2.24. The van der Waals surface area contributed by atoms with Gasteiger partial charge in [-0.2, -0.15) is 0 Å². The van der Waals surface area contributed by atoms with Crippen LogP contribution >= 0.6 is 0 Å². The Balaban J connectivity index is 2.54. The fourth-order valence-corrected chi connectivity index (χ4v) is 2.05. The number of benzene rings is 1. The summed E-state index contributed by atoms with van der Waals surface area (Å²) in [7, 11) is 3.46. The molecule has 0 saturated heterocycles. The summed E-state index contributed by atoms with van der Waals surface area (Å²) in [6.45, 7) is 7.73. The average Bonchev–Trinajstić information content (AvgIpc) is 2.56. The number of hydrogen-bond acceptors (Lipinski definition) is 3. The largest absolute Gasteiger partial charge is 0.489 e. The van der Waals surface area contributed by atoms with Crippen molar-refractivity contribution in [1.29, 1.82) is 0 Å². The Morgan fingerprint density at radius 1 is 1.32 bits per heavy atom. The van der Waals surface area contributed by atoms with Gasteiger partial charge in [0.25, 0.3) is 0 Å². The zero-order valence-electron chi connectivity index (χ0n) is 16.1. The first-order valence-electron chi connectivity index (χ1n) is 8.88. The number of rotatable bonds is 9. The van der Waals surface area contributed by atoms with Crippen molar-refractivity contribution < 1.29 is 9.53 Å². The molecule has 140 valence electrons. The van der Waals surface area contributed by atoms with Gasteiger partial charge in [-0.05, 0) is 38.0 Å². The molecule has 1 atom stereocenters. The fourth-order valence-electron chi connectivity index (χ4n) is 2.05. The summed E-state index contributed by atoms with van der Waals surface area (Å²) in [6.07, 6.45) is 2.13. The van der Waals surface area contributed by atoms with Crippen LogP contribution in [0.15, 0.2) is 29.3 Å². The molecule has 0 bridgehead atoms. The van der Waals surface area contributed by atoms with Crippen molar-refractivity contribution in [2.24, 2.45) is 4.99 Å². The molecule has 1 rings (SSSR count). The minimum atomic E-state index is -0.0272. The molecule has 2 N–H and O–H groups in total. The van der Waals surface area contributed by atoms with Gasteiger partial charge >= 0.3 is 0 Å². The van der Waals surface area contributed by atoms with Gasteiger partial charge in [0.2, 0.25) is 5.91 Å². The number of ether oxygens (including phenoxy) is 1. The van der Waals surface area contributed by atoms with Crippen LogP contribution in [-0.4, -0.2) is 56.6 Å². The third kappa shape index (κ3) is 8.98. The maximum atomic E-state index is 11.7. The number of aliphatic imine (C=N–C) groups is 1. The van der Waals surface area contributed by atoms with Crippen molar-refractivity contribution in [3.63, 3.8) is 0 Å². The lowest BCUT2D eigenvalue weighted by Gasteiger charge is -2.18. The van der Waals surface area contributed by atoms with Gasteiger partial charge in [0, 0.05) is 20.6 Å². The van der Waals surface area contributed by atoms with E-state index in [-0.39, 0.29) is 18.6 Å². The SMILES string of the molecule is CCCCNC(=NCC(=O)N(C)C)NCC(C)Oc1cccc(C)c1. The highest BCUT2D eigenvalue weighted by Gasteiger charge is 2.08. The van der Waals surface area contributed by atoms with E-state index < -0.39 is 0 Å². The van der Waals surface area contributed by atoms with Crippen molar-refractivity contribution >= 4 is 11.9 Å².